The van der Waals surface area contributed by atoms with E-state index in [4.69, 9.17) is 4.42 Å². The van der Waals surface area contributed by atoms with E-state index in [9.17, 15) is 26.4 Å². The van der Waals surface area contributed by atoms with E-state index in [1.165, 1.54) is 30.3 Å². The first-order valence-electron chi connectivity index (χ1n) is 8.96. The van der Waals surface area contributed by atoms with Crippen LogP contribution in [0.3, 0.4) is 0 Å². The Kier molecular flexibility index (Phi) is 6.31. The van der Waals surface area contributed by atoms with E-state index in [-0.39, 0.29) is 22.8 Å². The van der Waals surface area contributed by atoms with Crippen molar-refractivity contribution >= 4 is 21.4 Å². The molecule has 0 unspecified atom stereocenters. The molecule has 0 spiro atoms. The van der Waals surface area contributed by atoms with Crippen molar-refractivity contribution < 1.29 is 30.8 Å². The molecule has 0 aliphatic carbocycles. The molecule has 1 heterocycles. The number of anilines is 1. The first-order chi connectivity index (χ1) is 14.1. The van der Waals surface area contributed by atoms with Crippen LogP contribution in [0.4, 0.5) is 18.9 Å². The Balaban J connectivity index is 1.66. The summed E-state index contributed by atoms with van der Waals surface area (Å²) in [5.41, 5.74) is 0.744. The minimum absolute atomic E-state index is 0.0999. The van der Waals surface area contributed by atoms with Crippen molar-refractivity contribution in [1.82, 2.24) is 0 Å². The molecule has 0 radical (unpaired) electrons. The number of benzene rings is 2. The second-order valence-electron chi connectivity index (χ2n) is 6.61. The van der Waals surface area contributed by atoms with Gasteiger partial charge in [0.2, 0.25) is 0 Å². The lowest BCUT2D eigenvalue weighted by Gasteiger charge is -2.08. The topological polar surface area (TPSA) is 76.4 Å². The number of carbonyl (C=O) groups excluding carboxylic acids is 1. The summed E-state index contributed by atoms with van der Waals surface area (Å²) in [4.78, 5) is 12.5. The molecule has 1 N–H and O–H groups in total. The van der Waals surface area contributed by atoms with Gasteiger partial charge in [-0.25, -0.2) is 8.42 Å². The summed E-state index contributed by atoms with van der Waals surface area (Å²) in [6.45, 7) is 0. The third-order valence-corrected chi connectivity index (χ3v) is 5.86. The first kappa shape index (κ1) is 21.6. The van der Waals surface area contributed by atoms with Crippen LogP contribution in [-0.4, -0.2) is 20.5 Å². The number of furan rings is 1. The zero-order chi connectivity index (χ0) is 21.8. The van der Waals surface area contributed by atoms with Gasteiger partial charge in [-0.15, -0.1) is 0 Å². The number of carbonyl (C=O) groups is 1. The summed E-state index contributed by atoms with van der Waals surface area (Å²) < 4.78 is 67.3. The third kappa shape index (κ3) is 5.96. The molecule has 0 fully saturated rings. The van der Waals surface area contributed by atoms with Crippen LogP contribution in [0.15, 0.2) is 76.0 Å². The zero-order valence-corrected chi connectivity index (χ0v) is 16.5. The fourth-order valence-corrected chi connectivity index (χ4v) is 4.03. The highest BCUT2D eigenvalue weighted by Gasteiger charge is 2.26. The predicted molar refractivity (Wildman–Crippen MR) is 105 cm³/mol. The van der Waals surface area contributed by atoms with Crippen molar-refractivity contribution in [1.29, 1.82) is 0 Å². The Morgan fingerprint density at radius 3 is 2.40 bits per heavy atom. The first-order valence-corrected chi connectivity index (χ1v) is 10.6. The number of sulfone groups is 1. The van der Waals surface area contributed by atoms with E-state index in [0.29, 0.717) is 11.3 Å². The van der Waals surface area contributed by atoms with Gasteiger partial charge in [0, 0.05) is 12.1 Å². The molecule has 2 aromatic carbocycles. The maximum atomic E-state index is 12.4. The van der Waals surface area contributed by atoms with Crippen molar-refractivity contribution in [3.05, 3.63) is 83.8 Å². The summed E-state index contributed by atoms with van der Waals surface area (Å²) >= 11 is 0. The molecule has 0 bridgehead atoms. The van der Waals surface area contributed by atoms with Crippen molar-refractivity contribution in [2.24, 2.45) is 0 Å². The van der Waals surface area contributed by atoms with Crippen LogP contribution in [-0.2, 0) is 22.0 Å². The Labute approximate surface area is 171 Å². The molecule has 9 heteroatoms. The Morgan fingerprint density at radius 1 is 0.967 bits per heavy atom. The van der Waals surface area contributed by atoms with E-state index >= 15 is 0 Å². The normalized spacial score (nSPS) is 12.0. The number of nitrogens with one attached hydrogen (secondary N) is 1. The van der Waals surface area contributed by atoms with E-state index in [1.54, 1.807) is 36.4 Å². The second kappa shape index (κ2) is 8.74. The number of alkyl halides is 3. The van der Waals surface area contributed by atoms with E-state index in [0.717, 1.165) is 0 Å². The highest BCUT2D eigenvalue weighted by atomic mass is 32.2. The van der Waals surface area contributed by atoms with Crippen molar-refractivity contribution in [2.45, 2.75) is 29.7 Å². The van der Waals surface area contributed by atoms with Crippen LogP contribution in [0.1, 0.15) is 28.3 Å². The SMILES string of the molecule is O=C(Nc1cccc(CCC(F)(F)F)c1)c1ccc(CS(=O)(=O)c2ccccc2)o1. The quantitative estimate of drug-likeness (QED) is 0.564. The van der Waals surface area contributed by atoms with Crippen LogP contribution < -0.4 is 5.32 Å². The van der Waals surface area contributed by atoms with Gasteiger partial charge < -0.3 is 9.73 Å². The summed E-state index contributed by atoms with van der Waals surface area (Å²) in [6, 6.07) is 16.7. The van der Waals surface area contributed by atoms with Crippen molar-refractivity contribution in [3.63, 3.8) is 0 Å². The molecule has 0 aliphatic heterocycles. The minimum Gasteiger partial charge on any atom is -0.455 e. The summed E-state index contributed by atoms with van der Waals surface area (Å²) in [7, 11) is -3.63. The molecule has 0 saturated heterocycles. The molecule has 1 aromatic heterocycles. The lowest BCUT2D eigenvalue weighted by molar-refractivity contribution is -0.134. The second-order valence-corrected chi connectivity index (χ2v) is 8.60. The molecule has 0 atom stereocenters. The fraction of sp³-hybridized carbons (Fsp3) is 0.190. The summed E-state index contributed by atoms with van der Waals surface area (Å²) in [6.07, 6.45) is -5.42. The highest BCUT2D eigenvalue weighted by molar-refractivity contribution is 7.90. The van der Waals surface area contributed by atoms with Gasteiger partial charge in [0.1, 0.15) is 11.5 Å². The Bertz CT molecular complexity index is 1120. The molecule has 3 aromatic rings. The molecule has 1 amide bonds. The van der Waals surface area contributed by atoms with Gasteiger partial charge in [-0.3, -0.25) is 4.79 Å². The van der Waals surface area contributed by atoms with Gasteiger partial charge in [-0.1, -0.05) is 30.3 Å². The van der Waals surface area contributed by atoms with Crippen LogP contribution in [0.5, 0.6) is 0 Å². The maximum absolute atomic E-state index is 12.4. The van der Waals surface area contributed by atoms with Crippen molar-refractivity contribution in [3.8, 4) is 0 Å². The molecular weight excluding hydrogens is 419 g/mol. The Hall–Kier alpha value is -3.07. The number of halogens is 3. The third-order valence-electron chi connectivity index (χ3n) is 4.20. The lowest BCUT2D eigenvalue weighted by atomic mass is 10.1. The predicted octanol–water partition coefficient (Wildman–Crippen LogP) is 5.00. The van der Waals surface area contributed by atoms with Gasteiger partial charge in [0.25, 0.3) is 5.91 Å². The molecule has 158 valence electrons. The fourth-order valence-electron chi connectivity index (χ4n) is 2.76. The van der Waals surface area contributed by atoms with Crippen LogP contribution in [0.2, 0.25) is 0 Å². The number of aryl methyl sites for hydroxylation is 1. The van der Waals surface area contributed by atoms with Gasteiger partial charge in [-0.05, 0) is 48.4 Å². The summed E-state index contributed by atoms with van der Waals surface area (Å²) in [5.74, 6) is -1.04. The number of amides is 1. The standard InChI is InChI=1S/C21H18F3NO4S/c22-21(23,24)12-11-15-5-4-6-16(13-15)25-20(26)19-10-9-17(29-19)14-30(27,28)18-7-2-1-3-8-18/h1-10,13H,11-12,14H2,(H,25,26). The maximum Gasteiger partial charge on any atom is 0.389 e. The van der Waals surface area contributed by atoms with Gasteiger partial charge in [0.15, 0.2) is 15.6 Å². The molecule has 5 nitrogen and oxygen atoms in total. The number of hydrogen-bond acceptors (Lipinski definition) is 4. The average molecular weight is 437 g/mol. The van der Waals surface area contributed by atoms with E-state index < -0.39 is 34.1 Å². The minimum atomic E-state index is -4.26. The highest BCUT2D eigenvalue weighted by Crippen LogP contribution is 2.23. The summed E-state index contributed by atoms with van der Waals surface area (Å²) in [5, 5.41) is 2.54. The van der Waals surface area contributed by atoms with Gasteiger partial charge >= 0.3 is 6.18 Å². The number of rotatable bonds is 7. The smallest absolute Gasteiger partial charge is 0.389 e. The number of hydrogen-bond donors (Lipinski definition) is 1. The Morgan fingerprint density at radius 2 is 1.70 bits per heavy atom. The van der Waals surface area contributed by atoms with Gasteiger partial charge in [-0.2, -0.15) is 13.2 Å². The van der Waals surface area contributed by atoms with Gasteiger partial charge in [0.05, 0.1) is 4.90 Å². The van der Waals surface area contributed by atoms with E-state index in [2.05, 4.69) is 5.32 Å². The van der Waals surface area contributed by atoms with Crippen molar-refractivity contribution in [2.75, 3.05) is 5.32 Å². The molecule has 0 saturated carbocycles. The zero-order valence-electron chi connectivity index (χ0n) is 15.6. The molecular formula is C21H18F3NO4S. The largest absolute Gasteiger partial charge is 0.455 e. The average Bonchev–Trinajstić information content (AvgIpc) is 3.15. The van der Waals surface area contributed by atoms with Crippen LogP contribution in [0, 0.1) is 0 Å². The molecule has 3 rings (SSSR count). The van der Waals surface area contributed by atoms with Crippen LogP contribution >= 0.6 is 0 Å². The molecule has 30 heavy (non-hydrogen) atoms. The monoisotopic (exact) mass is 437 g/mol. The van der Waals surface area contributed by atoms with E-state index in [1.807, 2.05) is 0 Å². The lowest BCUT2D eigenvalue weighted by Crippen LogP contribution is -2.12. The molecule has 0 aliphatic rings. The van der Waals surface area contributed by atoms with Crippen LogP contribution in [0.25, 0.3) is 0 Å².